The zero-order chi connectivity index (χ0) is 26.2. The molecule has 2 unspecified atom stereocenters. The highest BCUT2D eigenvalue weighted by Gasteiger charge is 2.24. The van der Waals surface area contributed by atoms with Gasteiger partial charge in [-0.3, -0.25) is 15.0 Å². The maximum atomic E-state index is 12.6. The summed E-state index contributed by atoms with van der Waals surface area (Å²) >= 11 is 6.08. The molecular formula is C29H31ClN2O5. The van der Waals surface area contributed by atoms with E-state index in [9.17, 15) is 14.7 Å². The molecule has 0 bridgehead atoms. The number of amides is 1. The molecule has 37 heavy (non-hydrogen) atoms. The van der Waals surface area contributed by atoms with E-state index in [1.54, 1.807) is 24.3 Å². The van der Waals surface area contributed by atoms with Crippen molar-refractivity contribution in [1.29, 1.82) is 0 Å². The van der Waals surface area contributed by atoms with Gasteiger partial charge in [-0.15, -0.1) is 0 Å². The summed E-state index contributed by atoms with van der Waals surface area (Å²) in [5.74, 6) is -1.63. The van der Waals surface area contributed by atoms with Gasteiger partial charge in [-0.1, -0.05) is 72.6 Å². The maximum absolute atomic E-state index is 12.6. The van der Waals surface area contributed by atoms with Gasteiger partial charge in [-0.25, -0.2) is 9.68 Å². The zero-order valence-corrected chi connectivity index (χ0v) is 21.2. The van der Waals surface area contributed by atoms with Gasteiger partial charge < -0.3 is 10.4 Å². The number of nitrogens with zero attached hydrogens (tertiary/aromatic N) is 1. The molecule has 3 aromatic rings. The van der Waals surface area contributed by atoms with Crippen molar-refractivity contribution in [2.24, 2.45) is 0 Å². The fourth-order valence-electron chi connectivity index (χ4n) is 4.78. The maximum Gasteiger partial charge on any atom is 0.326 e. The van der Waals surface area contributed by atoms with Crippen LogP contribution in [0.2, 0.25) is 5.02 Å². The second-order valence-corrected chi connectivity index (χ2v) is 9.77. The fourth-order valence-corrected chi connectivity index (χ4v) is 5.00. The number of hydrogen-bond donors (Lipinski definition) is 3. The molecule has 194 valence electrons. The number of carboxylic acid groups (broad SMARTS) is 1. The van der Waals surface area contributed by atoms with Crippen molar-refractivity contribution in [3.8, 4) is 11.1 Å². The predicted octanol–water partition coefficient (Wildman–Crippen LogP) is 5.28. The number of aliphatic carboxylic acids is 1. The minimum absolute atomic E-state index is 0.148. The van der Waals surface area contributed by atoms with Crippen LogP contribution >= 0.6 is 11.6 Å². The highest BCUT2D eigenvalue weighted by Crippen LogP contribution is 2.25. The molecular weight excluding hydrogens is 492 g/mol. The smallest absolute Gasteiger partial charge is 0.326 e. The average Bonchev–Trinajstić information content (AvgIpc) is 2.90. The highest BCUT2D eigenvalue weighted by atomic mass is 35.5. The van der Waals surface area contributed by atoms with E-state index in [2.05, 4.69) is 27.2 Å². The molecule has 2 atom stereocenters. The van der Waals surface area contributed by atoms with Gasteiger partial charge >= 0.3 is 5.97 Å². The van der Waals surface area contributed by atoms with E-state index in [1.165, 1.54) is 5.56 Å². The molecule has 0 radical (unpaired) electrons. The molecule has 8 heteroatoms. The zero-order valence-electron chi connectivity index (χ0n) is 20.5. The van der Waals surface area contributed by atoms with Crippen LogP contribution in [-0.4, -0.2) is 52.4 Å². The molecule has 0 saturated carbocycles. The Labute approximate surface area is 221 Å². The number of carbonyl (C=O) groups is 2. The number of nitrogens with one attached hydrogen (secondary N) is 1. The first-order valence-electron chi connectivity index (χ1n) is 12.4. The van der Waals surface area contributed by atoms with Crippen LogP contribution < -0.4 is 5.32 Å². The lowest BCUT2D eigenvalue weighted by Crippen LogP contribution is -2.42. The number of piperidine rings is 1. The van der Waals surface area contributed by atoms with Crippen molar-refractivity contribution in [3.63, 3.8) is 0 Å². The second kappa shape index (κ2) is 12.8. The monoisotopic (exact) mass is 522 g/mol. The molecule has 4 rings (SSSR count). The summed E-state index contributed by atoms with van der Waals surface area (Å²) in [6.07, 6.45) is 3.44. The number of hydrogen-bond acceptors (Lipinski definition) is 5. The Morgan fingerprint density at radius 3 is 2.51 bits per heavy atom. The number of rotatable bonds is 10. The Bertz CT molecular complexity index is 1210. The first kappa shape index (κ1) is 26.8. The molecule has 1 saturated heterocycles. The SMILES string of the molecule is O=C(NC(Cc1ccc(-c2cccc(CN3CCCCC3COO)c2)cc1)C(=O)O)c1ccccc1Cl. The van der Waals surface area contributed by atoms with Gasteiger partial charge in [-0.2, -0.15) is 0 Å². The topological polar surface area (TPSA) is 99.1 Å². The molecule has 1 heterocycles. The van der Waals surface area contributed by atoms with Crippen LogP contribution in [0, 0.1) is 0 Å². The lowest BCUT2D eigenvalue weighted by molar-refractivity contribution is -0.253. The molecule has 1 amide bonds. The first-order chi connectivity index (χ1) is 17.9. The van der Waals surface area contributed by atoms with Gasteiger partial charge in [0.2, 0.25) is 0 Å². The lowest BCUT2D eigenvalue weighted by Gasteiger charge is -2.34. The third kappa shape index (κ3) is 7.17. The summed E-state index contributed by atoms with van der Waals surface area (Å²) in [7, 11) is 0. The lowest BCUT2D eigenvalue weighted by atomic mass is 9.98. The van der Waals surface area contributed by atoms with Crippen molar-refractivity contribution < 1.29 is 24.8 Å². The van der Waals surface area contributed by atoms with Crippen LogP contribution in [-0.2, 0) is 22.6 Å². The van der Waals surface area contributed by atoms with Gasteiger partial charge in [0.15, 0.2) is 0 Å². The van der Waals surface area contributed by atoms with Gasteiger partial charge in [-0.05, 0) is 59.8 Å². The average molecular weight is 523 g/mol. The predicted molar refractivity (Wildman–Crippen MR) is 143 cm³/mol. The molecule has 3 N–H and O–H groups in total. The molecule has 0 spiro atoms. The third-order valence-corrected chi connectivity index (χ3v) is 7.11. The summed E-state index contributed by atoms with van der Waals surface area (Å²) < 4.78 is 0. The van der Waals surface area contributed by atoms with E-state index in [0.717, 1.165) is 49.0 Å². The van der Waals surface area contributed by atoms with E-state index in [1.807, 2.05) is 36.4 Å². The van der Waals surface area contributed by atoms with Crippen molar-refractivity contribution in [2.45, 2.75) is 44.3 Å². The Balaban J connectivity index is 1.42. The second-order valence-electron chi connectivity index (χ2n) is 9.36. The number of halogens is 1. The molecule has 3 aromatic carbocycles. The van der Waals surface area contributed by atoms with Crippen LogP contribution in [0.3, 0.4) is 0 Å². The quantitative estimate of drug-likeness (QED) is 0.247. The Morgan fingerprint density at radius 1 is 1.00 bits per heavy atom. The van der Waals surface area contributed by atoms with Crippen molar-refractivity contribution >= 4 is 23.5 Å². The fraction of sp³-hybridized carbons (Fsp3) is 0.310. The molecule has 1 aliphatic rings. The van der Waals surface area contributed by atoms with Crippen LogP contribution in [0.25, 0.3) is 11.1 Å². The van der Waals surface area contributed by atoms with Gasteiger partial charge in [0.05, 0.1) is 17.2 Å². The number of carboxylic acids is 1. The highest BCUT2D eigenvalue weighted by molar-refractivity contribution is 6.33. The van der Waals surface area contributed by atoms with Gasteiger partial charge in [0.25, 0.3) is 5.91 Å². The number of carbonyl (C=O) groups excluding carboxylic acids is 1. The molecule has 0 aromatic heterocycles. The van der Waals surface area contributed by atoms with Crippen molar-refractivity contribution in [1.82, 2.24) is 10.2 Å². The van der Waals surface area contributed by atoms with Crippen molar-refractivity contribution in [2.75, 3.05) is 13.2 Å². The van der Waals surface area contributed by atoms with Crippen LogP contribution in [0.15, 0.2) is 72.8 Å². The molecule has 7 nitrogen and oxygen atoms in total. The van der Waals surface area contributed by atoms with E-state index < -0.39 is 17.9 Å². The van der Waals surface area contributed by atoms with Gasteiger partial charge in [0, 0.05) is 19.0 Å². The Morgan fingerprint density at radius 2 is 1.78 bits per heavy atom. The van der Waals surface area contributed by atoms with E-state index in [-0.39, 0.29) is 23.0 Å². The third-order valence-electron chi connectivity index (χ3n) is 6.78. The summed E-state index contributed by atoms with van der Waals surface area (Å²) in [5, 5.41) is 21.4. The van der Waals surface area contributed by atoms with Gasteiger partial charge in [0.1, 0.15) is 6.04 Å². The minimum atomic E-state index is -1.11. The van der Waals surface area contributed by atoms with E-state index in [4.69, 9.17) is 16.9 Å². The summed E-state index contributed by atoms with van der Waals surface area (Å²) in [4.78, 5) is 31.2. The Hall–Kier alpha value is -3.23. The summed E-state index contributed by atoms with van der Waals surface area (Å²) in [6.45, 7) is 2.08. The van der Waals surface area contributed by atoms with Crippen LogP contribution in [0.1, 0.15) is 40.7 Å². The van der Waals surface area contributed by atoms with Crippen LogP contribution in [0.5, 0.6) is 0 Å². The van der Waals surface area contributed by atoms with E-state index >= 15 is 0 Å². The number of likely N-dealkylation sites (tertiary alicyclic amines) is 1. The standard InChI is InChI=1S/C29H31ClN2O5/c30-26-10-2-1-9-25(26)28(33)31-27(29(34)35)17-20-11-13-22(14-12-20)23-7-5-6-21(16-23)18-32-15-4-3-8-24(32)19-37-36/h1-2,5-7,9-14,16,24,27,36H,3-4,8,15,17-19H2,(H,31,33)(H,34,35). The van der Waals surface area contributed by atoms with Crippen molar-refractivity contribution in [3.05, 3.63) is 94.5 Å². The summed E-state index contributed by atoms with van der Waals surface area (Å²) in [5.41, 5.74) is 4.31. The molecule has 1 aliphatic heterocycles. The molecule has 0 aliphatic carbocycles. The normalized spacial score (nSPS) is 16.8. The number of benzene rings is 3. The first-order valence-corrected chi connectivity index (χ1v) is 12.8. The Kier molecular flexibility index (Phi) is 9.30. The molecule has 1 fully saturated rings. The summed E-state index contributed by atoms with van der Waals surface area (Å²) in [6, 6.07) is 21.7. The van der Waals surface area contributed by atoms with Crippen LogP contribution in [0.4, 0.5) is 0 Å². The minimum Gasteiger partial charge on any atom is -0.480 e. The van der Waals surface area contributed by atoms with E-state index in [0.29, 0.717) is 6.61 Å². The largest absolute Gasteiger partial charge is 0.480 e.